The Morgan fingerprint density at radius 2 is 1.65 bits per heavy atom. The van der Waals surface area contributed by atoms with Gasteiger partial charge in [-0.3, -0.25) is 9.59 Å². The third kappa shape index (κ3) is 9.99. The SMILES string of the molecule is CCCCCNC(=O)C(c1ccc(O)cc1)N(CCCC)C(=O)C(CO)NC(=O)OC(C)(C)C. The zero-order valence-corrected chi connectivity index (χ0v) is 21.1. The van der Waals surface area contributed by atoms with Crippen LogP contribution in [0.25, 0.3) is 0 Å². The van der Waals surface area contributed by atoms with Crippen molar-refractivity contribution >= 4 is 17.9 Å². The molecule has 0 saturated heterocycles. The summed E-state index contributed by atoms with van der Waals surface area (Å²) in [4.78, 5) is 40.4. The summed E-state index contributed by atoms with van der Waals surface area (Å²) < 4.78 is 5.22. The second-order valence-corrected chi connectivity index (χ2v) is 9.26. The summed E-state index contributed by atoms with van der Waals surface area (Å²) in [6.07, 6.45) is 3.34. The molecule has 0 aromatic heterocycles. The van der Waals surface area contributed by atoms with Crippen LogP contribution in [0, 0.1) is 0 Å². The van der Waals surface area contributed by atoms with Crippen molar-refractivity contribution in [2.24, 2.45) is 0 Å². The Labute approximate surface area is 202 Å². The Kier molecular flexibility index (Phi) is 12.4. The van der Waals surface area contributed by atoms with Crippen molar-refractivity contribution in [1.29, 1.82) is 0 Å². The number of hydrogen-bond donors (Lipinski definition) is 4. The van der Waals surface area contributed by atoms with Gasteiger partial charge in [0.25, 0.3) is 0 Å². The number of aliphatic hydroxyl groups excluding tert-OH is 1. The molecule has 2 unspecified atom stereocenters. The molecule has 0 radical (unpaired) electrons. The number of aliphatic hydroxyl groups is 1. The van der Waals surface area contributed by atoms with E-state index >= 15 is 0 Å². The highest BCUT2D eigenvalue weighted by Gasteiger charge is 2.35. The van der Waals surface area contributed by atoms with Gasteiger partial charge in [0.05, 0.1) is 6.61 Å². The number of aromatic hydroxyl groups is 1. The molecule has 0 aliphatic carbocycles. The predicted molar refractivity (Wildman–Crippen MR) is 130 cm³/mol. The van der Waals surface area contributed by atoms with E-state index in [0.29, 0.717) is 18.5 Å². The first-order chi connectivity index (χ1) is 16.0. The molecule has 4 N–H and O–H groups in total. The number of phenolic OH excluding ortho intramolecular Hbond substituents is 1. The first-order valence-electron chi connectivity index (χ1n) is 12.0. The number of benzene rings is 1. The van der Waals surface area contributed by atoms with E-state index in [0.717, 1.165) is 25.7 Å². The molecule has 34 heavy (non-hydrogen) atoms. The molecule has 9 heteroatoms. The van der Waals surface area contributed by atoms with Crippen LogP contribution in [-0.4, -0.2) is 64.4 Å². The summed E-state index contributed by atoms with van der Waals surface area (Å²) >= 11 is 0. The van der Waals surface area contributed by atoms with Gasteiger partial charge in [-0.05, 0) is 51.3 Å². The number of phenols is 1. The van der Waals surface area contributed by atoms with Crippen molar-refractivity contribution < 1.29 is 29.3 Å². The predicted octanol–water partition coefficient (Wildman–Crippen LogP) is 3.25. The first-order valence-corrected chi connectivity index (χ1v) is 12.0. The molecule has 0 aliphatic heterocycles. The Morgan fingerprint density at radius 3 is 2.18 bits per heavy atom. The van der Waals surface area contributed by atoms with Gasteiger partial charge in [-0.15, -0.1) is 0 Å². The molecule has 1 aromatic rings. The van der Waals surface area contributed by atoms with Gasteiger partial charge in [0.1, 0.15) is 23.4 Å². The summed E-state index contributed by atoms with van der Waals surface area (Å²) in [7, 11) is 0. The molecular weight excluding hydrogens is 438 g/mol. The fourth-order valence-electron chi connectivity index (χ4n) is 3.34. The number of rotatable bonds is 13. The van der Waals surface area contributed by atoms with Crippen molar-refractivity contribution in [1.82, 2.24) is 15.5 Å². The highest BCUT2D eigenvalue weighted by Crippen LogP contribution is 2.25. The van der Waals surface area contributed by atoms with E-state index in [9.17, 15) is 24.6 Å². The highest BCUT2D eigenvalue weighted by atomic mass is 16.6. The molecule has 0 fully saturated rings. The lowest BCUT2D eigenvalue weighted by atomic mass is 10.0. The summed E-state index contributed by atoms with van der Waals surface area (Å²) in [5.41, 5.74) is -0.258. The number of ether oxygens (including phenoxy) is 1. The van der Waals surface area contributed by atoms with Crippen molar-refractivity contribution in [3.8, 4) is 5.75 Å². The van der Waals surface area contributed by atoms with Gasteiger partial charge in [0.15, 0.2) is 0 Å². The normalized spacial score (nSPS) is 13.0. The van der Waals surface area contributed by atoms with Gasteiger partial charge in [-0.2, -0.15) is 0 Å². The Hall–Kier alpha value is -2.81. The summed E-state index contributed by atoms with van der Waals surface area (Å²) in [5.74, 6) is -0.916. The number of alkyl carbamates (subject to hydrolysis) is 1. The maximum absolute atomic E-state index is 13.5. The van der Waals surface area contributed by atoms with Crippen LogP contribution in [0.2, 0.25) is 0 Å². The molecular formula is C25H41N3O6. The summed E-state index contributed by atoms with van der Waals surface area (Å²) in [5, 5.41) is 24.9. The maximum atomic E-state index is 13.5. The molecule has 1 rings (SSSR count). The minimum atomic E-state index is -1.28. The van der Waals surface area contributed by atoms with Crippen LogP contribution in [-0.2, 0) is 14.3 Å². The van der Waals surface area contributed by atoms with E-state index in [1.54, 1.807) is 32.9 Å². The zero-order valence-electron chi connectivity index (χ0n) is 21.1. The van der Waals surface area contributed by atoms with Crippen molar-refractivity contribution in [2.75, 3.05) is 19.7 Å². The minimum Gasteiger partial charge on any atom is -0.508 e. The van der Waals surface area contributed by atoms with Crippen molar-refractivity contribution in [3.63, 3.8) is 0 Å². The van der Waals surface area contributed by atoms with Crippen LogP contribution in [0.1, 0.15) is 78.3 Å². The van der Waals surface area contributed by atoms with Crippen LogP contribution in [0.15, 0.2) is 24.3 Å². The lowest BCUT2D eigenvalue weighted by Crippen LogP contribution is -2.54. The van der Waals surface area contributed by atoms with Gasteiger partial charge in [0, 0.05) is 13.1 Å². The van der Waals surface area contributed by atoms with Gasteiger partial charge in [0.2, 0.25) is 11.8 Å². The van der Waals surface area contributed by atoms with Gasteiger partial charge in [-0.25, -0.2) is 4.79 Å². The van der Waals surface area contributed by atoms with Crippen molar-refractivity contribution in [3.05, 3.63) is 29.8 Å². The van der Waals surface area contributed by atoms with Crippen LogP contribution in [0.4, 0.5) is 4.79 Å². The molecule has 192 valence electrons. The number of amides is 3. The second-order valence-electron chi connectivity index (χ2n) is 9.26. The number of carbonyl (C=O) groups excluding carboxylic acids is 3. The fraction of sp³-hybridized carbons (Fsp3) is 0.640. The largest absolute Gasteiger partial charge is 0.508 e. The zero-order chi connectivity index (χ0) is 25.7. The minimum absolute atomic E-state index is 0.0390. The number of hydrogen-bond acceptors (Lipinski definition) is 6. The maximum Gasteiger partial charge on any atom is 0.408 e. The van der Waals surface area contributed by atoms with Crippen LogP contribution < -0.4 is 10.6 Å². The Bertz CT molecular complexity index is 776. The molecule has 9 nitrogen and oxygen atoms in total. The Morgan fingerprint density at radius 1 is 1.03 bits per heavy atom. The van der Waals surface area contributed by atoms with Gasteiger partial charge < -0.3 is 30.5 Å². The first kappa shape index (κ1) is 29.2. The van der Waals surface area contributed by atoms with E-state index < -0.39 is 36.3 Å². The quantitative estimate of drug-likeness (QED) is 0.322. The average Bonchev–Trinajstić information content (AvgIpc) is 2.77. The van der Waals surface area contributed by atoms with Gasteiger partial charge in [-0.1, -0.05) is 45.2 Å². The topological polar surface area (TPSA) is 128 Å². The fourth-order valence-corrected chi connectivity index (χ4v) is 3.34. The van der Waals surface area contributed by atoms with E-state index in [-0.39, 0.29) is 18.2 Å². The lowest BCUT2D eigenvalue weighted by molar-refractivity contribution is -0.143. The van der Waals surface area contributed by atoms with Crippen LogP contribution in [0.3, 0.4) is 0 Å². The van der Waals surface area contributed by atoms with Crippen LogP contribution in [0.5, 0.6) is 5.75 Å². The molecule has 2 atom stereocenters. The average molecular weight is 480 g/mol. The highest BCUT2D eigenvalue weighted by molar-refractivity contribution is 5.92. The third-order valence-electron chi connectivity index (χ3n) is 5.06. The monoisotopic (exact) mass is 479 g/mol. The summed E-state index contributed by atoms with van der Waals surface area (Å²) in [6.45, 7) is 9.18. The van der Waals surface area contributed by atoms with E-state index in [1.807, 2.05) is 6.92 Å². The third-order valence-corrected chi connectivity index (χ3v) is 5.06. The standard InChI is InChI=1S/C25H41N3O6/c1-6-8-10-15-26-22(31)21(18-11-13-19(30)14-12-18)28(16-9-7-2)23(32)20(17-29)27-24(33)34-25(3,4)5/h11-14,20-21,29-30H,6-10,15-17H2,1-5H3,(H,26,31)(H,27,33). The number of unbranched alkanes of at least 4 members (excludes halogenated alkanes) is 3. The smallest absolute Gasteiger partial charge is 0.408 e. The van der Waals surface area contributed by atoms with E-state index in [1.165, 1.54) is 17.0 Å². The molecule has 0 saturated carbocycles. The molecule has 0 heterocycles. The molecule has 0 spiro atoms. The molecule has 0 bridgehead atoms. The number of nitrogens with zero attached hydrogens (tertiary/aromatic N) is 1. The Balaban J connectivity index is 3.26. The van der Waals surface area contributed by atoms with E-state index in [2.05, 4.69) is 17.6 Å². The van der Waals surface area contributed by atoms with Crippen LogP contribution >= 0.6 is 0 Å². The second kappa shape index (κ2) is 14.5. The number of nitrogens with one attached hydrogen (secondary N) is 2. The van der Waals surface area contributed by atoms with Crippen molar-refractivity contribution in [2.45, 2.75) is 84.4 Å². The van der Waals surface area contributed by atoms with Gasteiger partial charge >= 0.3 is 6.09 Å². The molecule has 1 aromatic carbocycles. The summed E-state index contributed by atoms with van der Waals surface area (Å²) in [6, 6.07) is 3.82. The molecule has 3 amide bonds. The molecule has 0 aliphatic rings. The van der Waals surface area contributed by atoms with E-state index in [4.69, 9.17) is 4.74 Å². The number of carbonyl (C=O) groups is 3. The lowest BCUT2D eigenvalue weighted by Gasteiger charge is -2.34.